The predicted molar refractivity (Wildman–Crippen MR) is 413 cm³/mol. The van der Waals surface area contributed by atoms with Crippen LogP contribution < -0.4 is 21.7 Å². The van der Waals surface area contributed by atoms with Crippen LogP contribution in [0.1, 0.15) is 40.0 Å². The van der Waals surface area contributed by atoms with Gasteiger partial charge in [-0.1, -0.05) is 0 Å². The van der Waals surface area contributed by atoms with Gasteiger partial charge in [0, 0.05) is 46.6 Å². The lowest BCUT2D eigenvalue weighted by Crippen LogP contribution is -2.73. The quantitative estimate of drug-likeness (QED) is 0.0252. The molecule has 9 aliphatic rings. The molecule has 9 aliphatic heterocycles. The Labute approximate surface area is 765 Å². The number of aliphatic hydroxyl groups is 29. The van der Waals surface area contributed by atoms with Gasteiger partial charge in [-0.3, -0.25) is 23.4 Å². The number of nitrogens with one attached hydrogen (secondary N) is 3. The van der Waals surface area contributed by atoms with Gasteiger partial charge in [-0.2, -0.15) is 0 Å². The number of rotatable bonds is 43. The second kappa shape index (κ2) is 48.6. The van der Waals surface area contributed by atoms with Crippen molar-refractivity contribution in [2.75, 3.05) is 72.6 Å². The van der Waals surface area contributed by atoms with Crippen LogP contribution in [-0.4, -0.2) is 576 Å². The molecule has 0 radical (unpaired) electrons. The normalized spacial score (nSPS) is 44.5. The van der Waals surface area contributed by atoms with Crippen molar-refractivity contribution >= 4 is 43.5 Å². The largest absolute Gasteiger partial charge is 0.477 e. The lowest BCUT2D eigenvalue weighted by molar-refractivity contribution is -0.416. The van der Waals surface area contributed by atoms with Crippen molar-refractivity contribution in [1.29, 1.82) is 0 Å². The summed E-state index contributed by atoms with van der Waals surface area (Å²) in [5, 5.41) is 367. The number of amides is 3. The SMILES string of the molecule is CC(=O)N[C@H]1[C@H](O[C@@H]2[C@H](O[C@]3(C(=O)O)C[C@H](O)[C@@H](NC(C)=O)[C@H]([C@H](O)[C@H](O)CO)O3)[C@@H](O)[C@H](O[C@@H]3[C@H](O)[C@@H](O[C@@H]4[C@H](O)[C@@H](O[C@H]5[C@@H]([C@H](O)CO)O[C@@](O)(C(=O)O)C[C@H]5O)O[C@H]([C@H](CO)OP(=O)(O)OCCN)[C@H]4O[C@@H]4O[C@H](CO)[C@@H](O)[C@H](O)[C@H]4O)O[C@H]([C@@H](O)CO)[C@H]3O)O[C@@H]2CO)O[C@H](CO)[C@H](O)[C@@H]1O[C@@H]1O[C@H](CO)[C@H](O)[C@H](O[C@]2(C(=O)O)C[C@H](O)[C@@H](NC(C)=O)[C@H]([C@H](O)[C@H](O)CO)O2)[C@H]1O. The number of aliphatic carboxylic acids is 3. The molecular weight excluding hydrogens is 1900 g/mol. The van der Waals surface area contributed by atoms with E-state index in [-0.39, 0.29) is 0 Å². The molecule has 0 bridgehead atoms. The van der Waals surface area contributed by atoms with E-state index >= 15 is 0 Å². The van der Waals surface area contributed by atoms with Crippen LogP contribution in [0.3, 0.4) is 0 Å². The van der Waals surface area contributed by atoms with Gasteiger partial charge < -0.3 is 271 Å². The van der Waals surface area contributed by atoms with Crippen molar-refractivity contribution in [1.82, 2.24) is 16.0 Å². The maximum absolute atomic E-state index is 14.2. The summed E-state index contributed by atoms with van der Waals surface area (Å²) in [4.78, 5) is 89.8. The first kappa shape index (κ1) is 115. The van der Waals surface area contributed by atoms with Crippen molar-refractivity contribution in [2.24, 2.45) is 5.73 Å². The lowest BCUT2D eigenvalue weighted by atomic mass is 9.88. The highest BCUT2D eigenvalue weighted by atomic mass is 31.2. The van der Waals surface area contributed by atoms with E-state index in [9.17, 15) is 202 Å². The molecule has 63 nitrogen and oxygen atoms in total. The highest BCUT2D eigenvalue weighted by Gasteiger charge is 2.67. The number of phosphoric ester groups is 1. The molecule has 38 N–H and O–H groups in total. The number of hydrogen-bond acceptors (Lipinski definition) is 56. The smallest absolute Gasteiger partial charge is 0.472 e. The van der Waals surface area contributed by atoms with Gasteiger partial charge in [0.25, 0.3) is 17.4 Å². The lowest BCUT2D eigenvalue weighted by Gasteiger charge is -2.53. The van der Waals surface area contributed by atoms with Crippen molar-refractivity contribution in [3.8, 4) is 0 Å². The molecule has 0 spiro atoms. The molecule has 50 atom stereocenters. The summed E-state index contributed by atoms with van der Waals surface area (Å²) < 4.78 is 125. The maximum Gasteiger partial charge on any atom is 0.472 e. The Bertz CT molecular complexity index is 3890. The summed E-state index contributed by atoms with van der Waals surface area (Å²) in [5.74, 6) is -20.8. The first-order valence-electron chi connectivity index (χ1n) is 42.1. The number of hydrogen-bond donors (Lipinski definition) is 37. The van der Waals surface area contributed by atoms with E-state index in [0.717, 1.165) is 20.8 Å². The Kier molecular flexibility index (Phi) is 41.0. The first-order valence-corrected chi connectivity index (χ1v) is 43.6. The van der Waals surface area contributed by atoms with Gasteiger partial charge in [-0.15, -0.1) is 0 Å². The van der Waals surface area contributed by atoms with Crippen LogP contribution in [-0.2, 0) is 123 Å². The van der Waals surface area contributed by atoms with Gasteiger partial charge in [0.2, 0.25) is 17.7 Å². The number of phosphoric acid groups is 1. The van der Waals surface area contributed by atoms with Crippen LogP contribution in [0.2, 0.25) is 0 Å². The predicted octanol–water partition coefficient (Wildman–Crippen LogP) is -23.1. The molecule has 136 heavy (non-hydrogen) atoms. The highest BCUT2D eigenvalue weighted by molar-refractivity contribution is 7.47. The number of ether oxygens (including phenoxy) is 17. The second-order valence-corrected chi connectivity index (χ2v) is 34.8. The van der Waals surface area contributed by atoms with Crippen molar-refractivity contribution in [2.45, 2.75) is 339 Å². The third-order valence-electron chi connectivity index (χ3n) is 23.8. The molecule has 0 saturated carbocycles. The second-order valence-electron chi connectivity index (χ2n) is 33.4. The van der Waals surface area contributed by atoms with Crippen molar-refractivity contribution < 1.29 is 291 Å². The van der Waals surface area contributed by atoms with Crippen LogP contribution in [0.4, 0.5) is 0 Å². The molecule has 0 aromatic carbocycles. The van der Waals surface area contributed by atoms with Gasteiger partial charge in [-0.05, 0) is 0 Å². The topological polar surface area (TPSA) is 1020 Å². The van der Waals surface area contributed by atoms with Crippen LogP contribution in [0.15, 0.2) is 0 Å². The van der Waals surface area contributed by atoms with Crippen LogP contribution >= 0.6 is 7.82 Å². The Morgan fingerprint density at radius 1 is 0.382 bits per heavy atom. The van der Waals surface area contributed by atoms with Crippen LogP contribution in [0.25, 0.3) is 0 Å². The molecule has 1 unspecified atom stereocenters. The molecule has 0 aromatic heterocycles. The number of carbonyl (C=O) groups is 6. The molecular formula is C72H121N4O59P. The number of aliphatic hydroxyl groups excluding tert-OH is 28. The maximum atomic E-state index is 14.2. The van der Waals surface area contributed by atoms with E-state index < -0.39 is 434 Å². The zero-order valence-electron chi connectivity index (χ0n) is 71.9. The van der Waals surface area contributed by atoms with Gasteiger partial charge in [0.05, 0.1) is 96.5 Å². The molecule has 9 rings (SSSR count). The molecule has 0 aromatic rings. The molecule has 3 amide bonds. The first-order chi connectivity index (χ1) is 63.8. The van der Waals surface area contributed by atoms with E-state index in [4.69, 9.17) is 95.3 Å². The third-order valence-corrected chi connectivity index (χ3v) is 24.8. The van der Waals surface area contributed by atoms with Gasteiger partial charge in [0.15, 0.2) is 37.7 Å². The van der Waals surface area contributed by atoms with E-state index in [1.807, 2.05) is 0 Å². The third kappa shape index (κ3) is 25.3. The minimum Gasteiger partial charge on any atom is -0.477 e. The van der Waals surface area contributed by atoms with E-state index in [1.165, 1.54) is 0 Å². The molecule has 788 valence electrons. The summed E-state index contributed by atoms with van der Waals surface area (Å²) in [6.45, 7) is -11.8. The summed E-state index contributed by atoms with van der Waals surface area (Å²) in [7, 11) is -5.67. The summed E-state index contributed by atoms with van der Waals surface area (Å²) in [6, 6.07) is -6.24. The molecule has 0 aliphatic carbocycles. The Morgan fingerprint density at radius 2 is 0.772 bits per heavy atom. The average Bonchev–Trinajstić information content (AvgIpc) is 0.747. The van der Waals surface area contributed by atoms with Gasteiger partial charge in [0.1, 0.15) is 214 Å². The Hall–Kier alpha value is -4.95. The number of carboxylic acids is 3. The Morgan fingerprint density at radius 3 is 1.24 bits per heavy atom. The molecule has 9 saturated heterocycles. The summed E-state index contributed by atoms with van der Waals surface area (Å²) in [5.41, 5.74) is 5.49. The minimum absolute atomic E-state index is 0.531. The number of carbonyl (C=O) groups excluding carboxylic acids is 3. The zero-order valence-corrected chi connectivity index (χ0v) is 72.7. The fraction of sp³-hybridized carbons (Fsp3) is 0.917. The van der Waals surface area contributed by atoms with Gasteiger partial charge in [-0.25, -0.2) is 18.9 Å². The number of nitrogens with two attached hydrogens (primary N) is 1. The average molecular weight is 2020 g/mol. The standard InChI is InChI=1S/C72H121N4O59P/c1-18(86)74-33-21(89)7-71(68(110)111,131-54(33)36(96)24(92)9-77)133-57-40(100)30(15-83)120-63(45(57)105)126-53-35(76-20(3)88)61(118-29(14-82)39(53)99)124-51-31(16-84)121-64(47(107)59(51)134-72(69(112)113)8-22(90)34(75-19(2)87)55(132-72)37(97)25(93)10-78)127-56-43(103)48(26(94)11-79)122-65(44(56)104)128-58-46(106)66(123-49-23(91)6-70(114,67(108)109)130-50(49)27(95)12-80)125-52(32(17-85)135-136(115,116)117-5-4-73)60(58)129-62-42(102)41(101)38(98)28(13-81)119-62/h21-66,77-85,89-107,114H,4-17,73H2,1-3H3,(H,74,86)(H,75,87)(H,76,88)(H,108,109)(H,110,111)(H,112,113)(H,115,116)/t21-,22-,23+,24+,25+,26-,27+,28+,29+,30+,31+,32-,33+,34+,35+,36+,37+,38+,39-,40-,41-,42+,43+,44-,45+,46-,47+,48+,49+,50+,51-,52+,53+,54+,55+,56-,57-,58+,59+,60+,61-,62-,63-,64-,65+,66-,70+,71-,72-/m0/s1. The van der Waals surface area contributed by atoms with Crippen LogP contribution in [0.5, 0.6) is 0 Å². The van der Waals surface area contributed by atoms with Crippen LogP contribution in [0, 0.1) is 0 Å². The monoisotopic (exact) mass is 2020 g/mol. The van der Waals surface area contributed by atoms with Gasteiger partial charge >= 0.3 is 25.7 Å². The minimum atomic E-state index is -5.67. The Balaban J connectivity index is 1.16. The van der Waals surface area contributed by atoms with E-state index in [1.54, 1.807) is 0 Å². The van der Waals surface area contributed by atoms with Crippen molar-refractivity contribution in [3.63, 3.8) is 0 Å². The zero-order chi connectivity index (χ0) is 101. The van der Waals surface area contributed by atoms with E-state index in [2.05, 4.69) is 16.0 Å². The van der Waals surface area contributed by atoms with E-state index in [0.29, 0.717) is 0 Å². The number of carboxylic acid groups (broad SMARTS) is 3. The summed E-state index contributed by atoms with van der Waals surface area (Å²) >= 11 is 0. The molecule has 64 heteroatoms. The fourth-order valence-corrected chi connectivity index (χ4v) is 17.8. The molecule has 9 fully saturated rings. The molecule has 9 heterocycles. The highest BCUT2D eigenvalue weighted by Crippen LogP contribution is 2.49. The summed E-state index contributed by atoms with van der Waals surface area (Å²) in [6.07, 6.45) is -115. The fourth-order valence-electron chi connectivity index (χ4n) is 16.9. The van der Waals surface area contributed by atoms with Crippen molar-refractivity contribution in [3.05, 3.63) is 0 Å².